The molecule has 2 rings (SSSR count). The monoisotopic (exact) mass is 362 g/mol. The molecular formula is C11H5BrCl2N2O3. The molecule has 0 fully saturated rings. The quantitative estimate of drug-likeness (QED) is 0.444. The Balaban J connectivity index is 2.42. The second kappa shape index (κ2) is 5.73. The molecule has 1 aromatic heterocycles. The van der Waals surface area contributed by atoms with E-state index in [-0.39, 0.29) is 16.7 Å². The van der Waals surface area contributed by atoms with Crippen molar-refractivity contribution in [3.8, 4) is 11.6 Å². The summed E-state index contributed by atoms with van der Waals surface area (Å²) in [6, 6.07) is 7.32. The highest BCUT2D eigenvalue weighted by Gasteiger charge is 2.19. The van der Waals surface area contributed by atoms with E-state index in [1.165, 1.54) is 12.1 Å². The lowest BCUT2D eigenvalue weighted by Crippen LogP contribution is -1.96. The highest BCUT2D eigenvalue weighted by molar-refractivity contribution is 9.10. The first-order valence-corrected chi connectivity index (χ1v) is 6.46. The third-order valence-corrected chi connectivity index (χ3v) is 3.17. The number of pyridine rings is 1. The lowest BCUT2D eigenvalue weighted by atomic mass is 10.3. The van der Waals surface area contributed by atoms with Gasteiger partial charge in [-0.2, -0.15) is 4.98 Å². The zero-order chi connectivity index (χ0) is 14.0. The van der Waals surface area contributed by atoms with Gasteiger partial charge in [0.2, 0.25) is 0 Å². The Bertz CT molecular complexity index is 652. The Morgan fingerprint density at radius 1 is 1.26 bits per heavy atom. The van der Waals surface area contributed by atoms with Crippen LogP contribution in [0, 0.1) is 10.1 Å². The van der Waals surface area contributed by atoms with E-state index in [9.17, 15) is 10.1 Å². The van der Waals surface area contributed by atoms with Gasteiger partial charge in [0.25, 0.3) is 0 Å². The highest BCUT2D eigenvalue weighted by atomic mass is 79.9. The average molecular weight is 364 g/mol. The van der Waals surface area contributed by atoms with E-state index in [1.807, 2.05) is 0 Å². The molecule has 0 radical (unpaired) electrons. The molecule has 0 aliphatic rings. The summed E-state index contributed by atoms with van der Waals surface area (Å²) < 4.78 is 5.95. The summed E-state index contributed by atoms with van der Waals surface area (Å²) in [5.74, 6) is 0.169. The lowest BCUT2D eigenvalue weighted by Gasteiger charge is -2.07. The van der Waals surface area contributed by atoms with Crippen molar-refractivity contribution in [1.82, 2.24) is 4.98 Å². The molecule has 0 aliphatic heterocycles. The van der Waals surface area contributed by atoms with Crippen molar-refractivity contribution in [2.24, 2.45) is 0 Å². The predicted molar refractivity (Wildman–Crippen MR) is 75.1 cm³/mol. The maximum Gasteiger partial charge on any atom is 0.331 e. The number of benzene rings is 1. The van der Waals surface area contributed by atoms with Crippen molar-refractivity contribution < 1.29 is 9.66 Å². The third kappa shape index (κ3) is 3.34. The standard InChI is InChI=1S/C11H5BrCl2N2O3/c12-7-5-6(13)1-3-9(7)19-11-8(16(17)18)2-4-10(14)15-11/h1-5H. The number of ether oxygens (including phenoxy) is 1. The average Bonchev–Trinajstić information content (AvgIpc) is 2.32. The van der Waals surface area contributed by atoms with Crippen LogP contribution in [0.5, 0.6) is 11.6 Å². The minimum Gasteiger partial charge on any atom is -0.432 e. The van der Waals surface area contributed by atoms with Gasteiger partial charge in [-0.25, -0.2) is 0 Å². The molecule has 5 nitrogen and oxygen atoms in total. The molecule has 0 atom stereocenters. The summed E-state index contributed by atoms with van der Waals surface area (Å²) >= 11 is 14.7. The molecule has 0 saturated carbocycles. The van der Waals surface area contributed by atoms with E-state index in [0.29, 0.717) is 15.2 Å². The number of hydrogen-bond donors (Lipinski definition) is 0. The van der Waals surface area contributed by atoms with E-state index in [4.69, 9.17) is 27.9 Å². The van der Waals surface area contributed by atoms with Crippen LogP contribution >= 0.6 is 39.1 Å². The molecule has 0 unspecified atom stereocenters. The van der Waals surface area contributed by atoms with Crippen LogP contribution in [0.25, 0.3) is 0 Å². The lowest BCUT2D eigenvalue weighted by molar-refractivity contribution is -0.386. The molecule has 0 amide bonds. The van der Waals surface area contributed by atoms with Crippen molar-refractivity contribution >= 4 is 44.8 Å². The van der Waals surface area contributed by atoms with Crippen LogP contribution in [0.4, 0.5) is 5.69 Å². The number of rotatable bonds is 3. The molecule has 0 bridgehead atoms. The maximum absolute atomic E-state index is 10.9. The van der Waals surface area contributed by atoms with Gasteiger partial charge in [-0.05, 0) is 40.2 Å². The molecule has 2 aromatic rings. The van der Waals surface area contributed by atoms with E-state index in [0.717, 1.165) is 0 Å². The normalized spacial score (nSPS) is 10.3. The number of nitrogens with zero attached hydrogens (tertiary/aromatic N) is 2. The van der Waals surface area contributed by atoms with Crippen LogP contribution in [0.2, 0.25) is 10.2 Å². The van der Waals surface area contributed by atoms with Crippen LogP contribution in [-0.2, 0) is 0 Å². The molecule has 0 saturated heterocycles. The molecule has 0 N–H and O–H groups in total. The first kappa shape index (κ1) is 14.0. The van der Waals surface area contributed by atoms with Crippen LogP contribution < -0.4 is 4.74 Å². The Morgan fingerprint density at radius 2 is 2.00 bits per heavy atom. The van der Waals surface area contributed by atoms with Crippen molar-refractivity contribution in [3.05, 3.63) is 55.1 Å². The van der Waals surface area contributed by atoms with Crippen LogP contribution in [0.3, 0.4) is 0 Å². The van der Waals surface area contributed by atoms with Crippen molar-refractivity contribution in [2.45, 2.75) is 0 Å². The van der Waals surface area contributed by atoms with Gasteiger partial charge in [-0.15, -0.1) is 0 Å². The second-order valence-corrected chi connectivity index (χ2v) is 5.07. The van der Waals surface area contributed by atoms with Crippen LogP contribution in [-0.4, -0.2) is 9.91 Å². The summed E-state index contributed by atoms with van der Waals surface area (Å²) in [7, 11) is 0. The highest BCUT2D eigenvalue weighted by Crippen LogP contribution is 2.35. The van der Waals surface area contributed by atoms with Gasteiger partial charge in [0.1, 0.15) is 10.9 Å². The summed E-state index contributed by atoms with van der Waals surface area (Å²) in [5, 5.41) is 11.5. The van der Waals surface area contributed by atoms with Gasteiger partial charge in [0.15, 0.2) is 0 Å². The molecule has 0 aliphatic carbocycles. The fourth-order valence-electron chi connectivity index (χ4n) is 1.29. The van der Waals surface area contributed by atoms with Gasteiger partial charge >= 0.3 is 11.6 Å². The van der Waals surface area contributed by atoms with Gasteiger partial charge in [-0.1, -0.05) is 23.2 Å². The Hall–Kier alpha value is -1.37. The van der Waals surface area contributed by atoms with E-state index in [1.54, 1.807) is 18.2 Å². The molecule has 98 valence electrons. The summed E-state index contributed by atoms with van der Waals surface area (Å²) in [6.07, 6.45) is 0. The second-order valence-electron chi connectivity index (χ2n) is 3.39. The topological polar surface area (TPSA) is 65.3 Å². The van der Waals surface area contributed by atoms with E-state index in [2.05, 4.69) is 20.9 Å². The minimum atomic E-state index is -0.595. The van der Waals surface area contributed by atoms with Crippen LogP contribution in [0.15, 0.2) is 34.8 Å². The molecule has 8 heteroatoms. The molecule has 19 heavy (non-hydrogen) atoms. The van der Waals surface area contributed by atoms with Gasteiger partial charge in [0.05, 0.1) is 9.40 Å². The van der Waals surface area contributed by atoms with Crippen molar-refractivity contribution in [3.63, 3.8) is 0 Å². The maximum atomic E-state index is 10.9. The SMILES string of the molecule is O=[N+]([O-])c1ccc(Cl)nc1Oc1ccc(Cl)cc1Br. The zero-order valence-corrected chi connectivity index (χ0v) is 12.2. The van der Waals surface area contributed by atoms with Crippen molar-refractivity contribution in [2.75, 3.05) is 0 Å². The smallest absolute Gasteiger partial charge is 0.331 e. The number of halogens is 3. The predicted octanol–water partition coefficient (Wildman–Crippen LogP) is 4.85. The molecular weight excluding hydrogens is 359 g/mol. The number of nitro groups is 1. The van der Waals surface area contributed by atoms with E-state index < -0.39 is 4.92 Å². The number of aromatic nitrogens is 1. The Morgan fingerprint density at radius 3 is 2.63 bits per heavy atom. The number of hydrogen-bond acceptors (Lipinski definition) is 4. The largest absolute Gasteiger partial charge is 0.432 e. The summed E-state index contributed by atoms with van der Waals surface area (Å²) in [5.41, 5.74) is -0.272. The summed E-state index contributed by atoms with van der Waals surface area (Å²) in [6.45, 7) is 0. The van der Waals surface area contributed by atoms with Crippen LogP contribution in [0.1, 0.15) is 0 Å². The third-order valence-electron chi connectivity index (χ3n) is 2.10. The Kier molecular flexibility index (Phi) is 4.24. The fourth-order valence-corrected chi connectivity index (χ4v) is 2.19. The van der Waals surface area contributed by atoms with Gasteiger partial charge in [-0.3, -0.25) is 10.1 Å². The van der Waals surface area contributed by atoms with E-state index >= 15 is 0 Å². The van der Waals surface area contributed by atoms with Crippen molar-refractivity contribution in [1.29, 1.82) is 0 Å². The Labute approximate surface area is 126 Å². The fraction of sp³-hybridized carbons (Fsp3) is 0. The van der Waals surface area contributed by atoms with Gasteiger partial charge < -0.3 is 4.74 Å². The van der Waals surface area contributed by atoms with Gasteiger partial charge in [0, 0.05) is 11.1 Å². The molecule has 0 spiro atoms. The first-order valence-electron chi connectivity index (χ1n) is 4.91. The first-order chi connectivity index (χ1) is 8.97. The zero-order valence-electron chi connectivity index (χ0n) is 9.14. The molecule has 1 heterocycles. The minimum absolute atomic E-state index is 0.102. The summed E-state index contributed by atoms with van der Waals surface area (Å²) in [4.78, 5) is 14.1. The molecule has 1 aromatic carbocycles.